The highest BCUT2D eigenvalue weighted by Crippen LogP contribution is 2.32. The number of nitrogens with zero attached hydrogens (tertiary/aromatic N) is 1. The summed E-state index contributed by atoms with van der Waals surface area (Å²) in [6.45, 7) is 3.12. The molecule has 1 saturated heterocycles. The second kappa shape index (κ2) is 7.73. The molecule has 150 valence electrons. The summed E-state index contributed by atoms with van der Waals surface area (Å²) >= 11 is 1.26. The first-order valence-electron chi connectivity index (χ1n) is 9.16. The van der Waals surface area contributed by atoms with Crippen molar-refractivity contribution in [1.82, 2.24) is 9.62 Å². The number of carbonyl (C=O) groups excluding carboxylic acids is 1. The van der Waals surface area contributed by atoms with Crippen LogP contribution >= 0.6 is 11.3 Å². The SMILES string of the molecule is Cc1ccc(S(=O)(=O)N2CCCC(C(=O)NCc3ccc4c(c3)OCO4)C2)s1. The van der Waals surface area contributed by atoms with Crippen LogP contribution in [0.5, 0.6) is 11.5 Å². The van der Waals surface area contributed by atoms with Crippen molar-refractivity contribution in [3.05, 3.63) is 40.8 Å². The summed E-state index contributed by atoms with van der Waals surface area (Å²) < 4.78 is 38.1. The molecule has 1 aromatic carbocycles. The first-order valence-corrected chi connectivity index (χ1v) is 11.4. The Morgan fingerprint density at radius 1 is 1.25 bits per heavy atom. The Hall–Kier alpha value is -2.10. The van der Waals surface area contributed by atoms with E-state index in [0.29, 0.717) is 41.6 Å². The van der Waals surface area contributed by atoms with Gasteiger partial charge in [0.05, 0.1) is 5.92 Å². The van der Waals surface area contributed by atoms with Gasteiger partial charge in [-0.05, 0) is 49.6 Å². The Morgan fingerprint density at radius 2 is 2.07 bits per heavy atom. The number of piperidine rings is 1. The standard InChI is InChI=1S/C19H22N2O5S2/c1-13-4-7-18(27-13)28(23,24)21-8-2-3-15(11-21)19(22)20-10-14-5-6-16-17(9-14)26-12-25-16/h4-7,9,15H,2-3,8,10-12H2,1H3,(H,20,22). The van der Waals surface area contributed by atoms with Gasteiger partial charge in [0.25, 0.3) is 10.0 Å². The van der Waals surface area contributed by atoms with Crippen molar-refractivity contribution >= 4 is 27.3 Å². The van der Waals surface area contributed by atoms with Crippen molar-refractivity contribution in [3.8, 4) is 11.5 Å². The van der Waals surface area contributed by atoms with E-state index in [2.05, 4.69) is 5.32 Å². The summed E-state index contributed by atoms with van der Waals surface area (Å²) in [6, 6.07) is 8.99. The molecule has 2 aliphatic heterocycles. The number of benzene rings is 1. The molecule has 1 unspecified atom stereocenters. The van der Waals surface area contributed by atoms with Gasteiger partial charge in [0, 0.05) is 24.5 Å². The third-order valence-corrected chi connectivity index (χ3v) is 8.30. The minimum absolute atomic E-state index is 0.125. The average Bonchev–Trinajstić information content (AvgIpc) is 3.34. The first-order chi connectivity index (χ1) is 13.4. The lowest BCUT2D eigenvalue weighted by Crippen LogP contribution is -2.45. The lowest BCUT2D eigenvalue weighted by molar-refractivity contribution is -0.126. The second-order valence-corrected chi connectivity index (χ2v) is 10.4. The normalized spacial score (nSPS) is 19.5. The van der Waals surface area contributed by atoms with E-state index in [1.54, 1.807) is 12.1 Å². The summed E-state index contributed by atoms with van der Waals surface area (Å²) in [7, 11) is -3.54. The molecule has 1 aromatic heterocycles. The number of hydrogen-bond donors (Lipinski definition) is 1. The van der Waals surface area contributed by atoms with Crippen LogP contribution in [-0.2, 0) is 21.4 Å². The maximum Gasteiger partial charge on any atom is 0.252 e. The van der Waals surface area contributed by atoms with Crippen LogP contribution in [0.1, 0.15) is 23.3 Å². The van der Waals surface area contributed by atoms with Gasteiger partial charge in [-0.25, -0.2) is 8.42 Å². The number of ether oxygens (including phenoxy) is 2. The van der Waals surface area contributed by atoms with Crippen molar-refractivity contribution in [2.24, 2.45) is 5.92 Å². The van der Waals surface area contributed by atoms with E-state index >= 15 is 0 Å². The molecule has 7 nitrogen and oxygen atoms in total. The van der Waals surface area contributed by atoms with Gasteiger partial charge >= 0.3 is 0 Å². The molecule has 0 radical (unpaired) electrons. The molecule has 1 amide bonds. The molecular weight excluding hydrogens is 400 g/mol. The third-order valence-electron chi connectivity index (χ3n) is 4.97. The summed E-state index contributed by atoms with van der Waals surface area (Å²) in [4.78, 5) is 13.6. The van der Waals surface area contributed by atoms with E-state index < -0.39 is 10.0 Å². The number of sulfonamides is 1. The van der Waals surface area contributed by atoms with Gasteiger partial charge in [-0.1, -0.05) is 6.07 Å². The van der Waals surface area contributed by atoms with Crippen LogP contribution in [0.2, 0.25) is 0 Å². The summed E-state index contributed by atoms with van der Waals surface area (Å²) in [5, 5.41) is 2.92. The molecule has 0 saturated carbocycles. The molecule has 0 spiro atoms. The van der Waals surface area contributed by atoms with Gasteiger partial charge in [-0.3, -0.25) is 4.79 Å². The number of hydrogen-bond acceptors (Lipinski definition) is 6. The van der Waals surface area contributed by atoms with E-state index in [-0.39, 0.29) is 25.2 Å². The first kappa shape index (κ1) is 19.2. The van der Waals surface area contributed by atoms with Gasteiger partial charge in [-0.15, -0.1) is 11.3 Å². The predicted molar refractivity (Wildman–Crippen MR) is 105 cm³/mol. The number of fused-ring (bicyclic) bond motifs is 1. The zero-order valence-electron chi connectivity index (χ0n) is 15.5. The molecule has 1 N–H and O–H groups in total. The topological polar surface area (TPSA) is 84.9 Å². The number of thiophene rings is 1. The number of amides is 1. The predicted octanol–water partition coefficient (Wildman–Crippen LogP) is 2.50. The van der Waals surface area contributed by atoms with Crippen LogP contribution in [0.3, 0.4) is 0 Å². The smallest absolute Gasteiger partial charge is 0.252 e. The van der Waals surface area contributed by atoms with Crippen molar-refractivity contribution in [1.29, 1.82) is 0 Å². The molecule has 9 heteroatoms. The number of carbonyl (C=O) groups is 1. The minimum Gasteiger partial charge on any atom is -0.454 e. The highest BCUT2D eigenvalue weighted by atomic mass is 32.2. The highest BCUT2D eigenvalue weighted by Gasteiger charge is 2.34. The third kappa shape index (κ3) is 3.87. The molecule has 1 atom stereocenters. The second-order valence-electron chi connectivity index (χ2n) is 6.97. The molecular formula is C19H22N2O5S2. The average molecular weight is 423 g/mol. The molecule has 2 aliphatic rings. The van der Waals surface area contributed by atoms with Crippen LogP contribution in [-0.4, -0.2) is 38.5 Å². The van der Waals surface area contributed by atoms with Crippen molar-refractivity contribution in [3.63, 3.8) is 0 Å². The molecule has 0 aliphatic carbocycles. The van der Waals surface area contributed by atoms with Gasteiger partial charge in [0.1, 0.15) is 4.21 Å². The molecule has 0 bridgehead atoms. The molecule has 3 heterocycles. The summed E-state index contributed by atoms with van der Waals surface area (Å²) in [5.41, 5.74) is 0.909. The largest absolute Gasteiger partial charge is 0.454 e. The van der Waals surface area contributed by atoms with Crippen molar-refractivity contribution < 1.29 is 22.7 Å². The number of aryl methyl sites for hydroxylation is 1. The Bertz CT molecular complexity index is 986. The van der Waals surface area contributed by atoms with Crippen LogP contribution in [0.25, 0.3) is 0 Å². The van der Waals surface area contributed by atoms with E-state index in [1.807, 2.05) is 25.1 Å². The van der Waals surface area contributed by atoms with Crippen molar-refractivity contribution in [2.75, 3.05) is 19.9 Å². The molecule has 1 fully saturated rings. The zero-order chi connectivity index (χ0) is 19.7. The monoisotopic (exact) mass is 422 g/mol. The van der Waals surface area contributed by atoms with Gasteiger partial charge in [0.2, 0.25) is 12.7 Å². The Balaban J connectivity index is 1.38. The van der Waals surface area contributed by atoms with E-state index in [9.17, 15) is 13.2 Å². The van der Waals surface area contributed by atoms with Gasteiger partial charge < -0.3 is 14.8 Å². The van der Waals surface area contributed by atoms with E-state index in [0.717, 1.165) is 10.4 Å². The zero-order valence-corrected chi connectivity index (χ0v) is 17.1. The Kier molecular flexibility index (Phi) is 5.31. The van der Waals surface area contributed by atoms with Gasteiger partial charge in [-0.2, -0.15) is 4.31 Å². The lowest BCUT2D eigenvalue weighted by atomic mass is 9.98. The maximum atomic E-state index is 12.8. The minimum atomic E-state index is -3.54. The van der Waals surface area contributed by atoms with E-state index in [1.165, 1.54) is 15.6 Å². The Morgan fingerprint density at radius 3 is 2.86 bits per heavy atom. The fourth-order valence-electron chi connectivity index (χ4n) is 3.44. The number of nitrogens with one attached hydrogen (secondary N) is 1. The van der Waals surface area contributed by atoms with Crippen LogP contribution < -0.4 is 14.8 Å². The maximum absolute atomic E-state index is 12.8. The fourth-order valence-corrected chi connectivity index (χ4v) is 6.40. The van der Waals surface area contributed by atoms with Crippen molar-refractivity contribution in [2.45, 2.75) is 30.5 Å². The van der Waals surface area contributed by atoms with E-state index in [4.69, 9.17) is 9.47 Å². The number of rotatable bonds is 5. The molecule has 2 aromatic rings. The lowest BCUT2D eigenvalue weighted by Gasteiger charge is -2.30. The molecule has 28 heavy (non-hydrogen) atoms. The fraction of sp³-hybridized carbons (Fsp3) is 0.421. The Labute approximate surface area is 168 Å². The van der Waals surface area contributed by atoms with Gasteiger partial charge in [0.15, 0.2) is 11.5 Å². The quantitative estimate of drug-likeness (QED) is 0.800. The molecule has 4 rings (SSSR count). The summed E-state index contributed by atoms with van der Waals surface area (Å²) in [6.07, 6.45) is 1.36. The van der Waals surface area contributed by atoms with Crippen LogP contribution in [0.15, 0.2) is 34.5 Å². The van der Waals surface area contributed by atoms with Crippen LogP contribution in [0, 0.1) is 12.8 Å². The van der Waals surface area contributed by atoms with Crippen LogP contribution in [0.4, 0.5) is 0 Å². The summed E-state index contributed by atoms with van der Waals surface area (Å²) in [5.74, 6) is 0.901. The highest BCUT2D eigenvalue weighted by molar-refractivity contribution is 7.91.